The molecule has 4 aromatic heterocycles. The van der Waals surface area contributed by atoms with Gasteiger partial charge in [-0.1, -0.05) is 6.07 Å². The lowest BCUT2D eigenvalue weighted by atomic mass is 10.1. The van der Waals surface area contributed by atoms with E-state index in [4.69, 9.17) is 4.42 Å². The van der Waals surface area contributed by atoms with Crippen molar-refractivity contribution >= 4 is 16.6 Å². The molecule has 5 rings (SSSR count). The number of nitrogens with one attached hydrogen (secondary N) is 1. The van der Waals surface area contributed by atoms with Crippen molar-refractivity contribution in [1.82, 2.24) is 19.6 Å². The van der Waals surface area contributed by atoms with E-state index in [0.29, 0.717) is 5.65 Å². The molecule has 6 nitrogen and oxygen atoms in total. The molecular formula is C20H14N4O2. The first-order chi connectivity index (χ1) is 12.7. The second-order valence-electron chi connectivity index (χ2n) is 6.16. The Labute approximate surface area is 147 Å². The van der Waals surface area contributed by atoms with Crippen LogP contribution in [0, 0.1) is 6.92 Å². The molecule has 0 aliphatic rings. The summed E-state index contributed by atoms with van der Waals surface area (Å²) in [4.78, 5) is 20.2. The Balaban J connectivity index is 1.74. The zero-order valence-corrected chi connectivity index (χ0v) is 13.9. The number of benzene rings is 1. The highest BCUT2D eigenvalue weighted by Crippen LogP contribution is 2.27. The van der Waals surface area contributed by atoms with Crippen LogP contribution in [0.2, 0.25) is 0 Å². The van der Waals surface area contributed by atoms with Gasteiger partial charge in [-0.25, -0.2) is 0 Å². The third-order valence-corrected chi connectivity index (χ3v) is 4.39. The average molecular weight is 342 g/mol. The first-order valence-corrected chi connectivity index (χ1v) is 8.22. The van der Waals surface area contributed by atoms with Gasteiger partial charge in [-0.3, -0.25) is 9.78 Å². The molecule has 1 aromatic carbocycles. The van der Waals surface area contributed by atoms with Crippen molar-refractivity contribution in [1.29, 1.82) is 0 Å². The maximum absolute atomic E-state index is 12.5. The Kier molecular flexibility index (Phi) is 3.05. The molecule has 26 heavy (non-hydrogen) atoms. The second kappa shape index (κ2) is 5.42. The van der Waals surface area contributed by atoms with E-state index < -0.39 is 0 Å². The summed E-state index contributed by atoms with van der Waals surface area (Å²) in [5, 5.41) is 5.20. The van der Waals surface area contributed by atoms with E-state index in [1.54, 1.807) is 18.5 Å². The molecule has 0 radical (unpaired) electrons. The van der Waals surface area contributed by atoms with Crippen LogP contribution >= 0.6 is 0 Å². The van der Waals surface area contributed by atoms with Gasteiger partial charge in [0.05, 0.1) is 23.1 Å². The van der Waals surface area contributed by atoms with Crippen LogP contribution in [0.3, 0.4) is 0 Å². The molecule has 0 aliphatic heterocycles. The fourth-order valence-corrected chi connectivity index (χ4v) is 3.19. The van der Waals surface area contributed by atoms with Gasteiger partial charge in [0, 0.05) is 17.6 Å². The zero-order valence-electron chi connectivity index (χ0n) is 13.9. The molecule has 4 heterocycles. The van der Waals surface area contributed by atoms with Crippen LogP contribution in [0.15, 0.2) is 70.1 Å². The van der Waals surface area contributed by atoms with Gasteiger partial charge < -0.3 is 9.40 Å². The maximum atomic E-state index is 12.5. The molecule has 1 N–H and O–H groups in total. The van der Waals surface area contributed by atoms with E-state index >= 15 is 0 Å². The van der Waals surface area contributed by atoms with E-state index in [1.165, 1.54) is 4.52 Å². The number of aromatic nitrogens is 4. The number of hydrogen-bond acceptors (Lipinski definition) is 4. The molecule has 0 bridgehead atoms. The largest absolute Gasteiger partial charge is 0.461 e. The minimum atomic E-state index is -0.195. The van der Waals surface area contributed by atoms with Gasteiger partial charge >= 0.3 is 0 Å². The summed E-state index contributed by atoms with van der Waals surface area (Å²) in [5.41, 5.74) is 4.43. The fourth-order valence-electron chi connectivity index (χ4n) is 3.19. The zero-order chi connectivity index (χ0) is 17.7. The highest BCUT2D eigenvalue weighted by molar-refractivity contribution is 5.84. The normalized spacial score (nSPS) is 11.4. The molecule has 0 aliphatic carbocycles. The minimum absolute atomic E-state index is 0.195. The average Bonchev–Trinajstić information content (AvgIpc) is 3.24. The topological polar surface area (TPSA) is 76.2 Å². The number of aromatic amines is 1. The van der Waals surface area contributed by atoms with Crippen LogP contribution in [0.25, 0.3) is 39.1 Å². The number of pyridine rings is 1. The standard InChI is InChI=1S/C20H14N4O2/c1-12-8-14-9-13(5-6-18(14)26-12)17-10-19(25)24-20(23-17)15(11-22-24)16-4-2-3-7-21-16/h2-11,23H,1H3. The van der Waals surface area contributed by atoms with E-state index in [-0.39, 0.29) is 5.56 Å². The third-order valence-electron chi connectivity index (χ3n) is 4.39. The molecule has 0 spiro atoms. The summed E-state index contributed by atoms with van der Waals surface area (Å²) < 4.78 is 6.98. The van der Waals surface area contributed by atoms with Gasteiger partial charge in [0.25, 0.3) is 5.56 Å². The maximum Gasteiger partial charge on any atom is 0.274 e. The Hall–Kier alpha value is -3.67. The van der Waals surface area contributed by atoms with Crippen LogP contribution in [0.5, 0.6) is 0 Å². The summed E-state index contributed by atoms with van der Waals surface area (Å²) in [6, 6.07) is 15.0. The van der Waals surface area contributed by atoms with E-state index in [0.717, 1.165) is 39.2 Å². The number of H-pyrrole nitrogens is 1. The first kappa shape index (κ1) is 14.7. The van der Waals surface area contributed by atoms with Gasteiger partial charge in [0.15, 0.2) is 0 Å². The van der Waals surface area contributed by atoms with Crippen LogP contribution in [0.4, 0.5) is 0 Å². The molecule has 0 saturated heterocycles. The quantitative estimate of drug-likeness (QED) is 0.529. The third kappa shape index (κ3) is 2.23. The van der Waals surface area contributed by atoms with Crippen LogP contribution in [-0.4, -0.2) is 19.6 Å². The van der Waals surface area contributed by atoms with Crippen molar-refractivity contribution < 1.29 is 4.42 Å². The number of aryl methyl sites for hydroxylation is 1. The molecule has 0 saturated carbocycles. The second-order valence-corrected chi connectivity index (χ2v) is 6.16. The van der Waals surface area contributed by atoms with E-state index in [2.05, 4.69) is 15.1 Å². The van der Waals surface area contributed by atoms with Crippen molar-refractivity contribution in [2.45, 2.75) is 6.92 Å². The number of hydrogen-bond donors (Lipinski definition) is 1. The number of fused-ring (bicyclic) bond motifs is 2. The lowest BCUT2D eigenvalue weighted by Gasteiger charge is -2.05. The molecule has 0 unspecified atom stereocenters. The highest BCUT2D eigenvalue weighted by atomic mass is 16.3. The summed E-state index contributed by atoms with van der Waals surface area (Å²) in [6.45, 7) is 1.92. The van der Waals surface area contributed by atoms with Gasteiger partial charge in [-0.15, -0.1) is 0 Å². The Morgan fingerprint density at radius 3 is 2.88 bits per heavy atom. The molecular weight excluding hydrogens is 328 g/mol. The van der Waals surface area contributed by atoms with Crippen molar-refractivity contribution in [3.8, 4) is 22.5 Å². The SMILES string of the molecule is Cc1cc2cc(-c3cc(=O)n4ncc(-c5ccccn5)c4[nH]3)ccc2o1. The van der Waals surface area contributed by atoms with Gasteiger partial charge in [0.1, 0.15) is 17.0 Å². The highest BCUT2D eigenvalue weighted by Gasteiger charge is 2.13. The van der Waals surface area contributed by atoms with Gasteiger partial charge in [-0.2, -0.15) is 9.61 Å². The predicted molar refractivity (Wildman–Crippen MR) is 99.0 cm³/mol. The number of furan rings is 1. The summed E-state index contributed by atoms with van der Waals surface area (Å²) in [6.07, 6.45) is 3.37. The molecule has 0 atom stereocenters. The van der Waals surface area contributed by atoms with Crippen LogP contribution in [0.1, 0.15) is 5.76 Å². The first-order valence-electron chi connectivity index (χ1n) is 8.22. The fraction of sp³-hybridized carbons (Fsp3) is 0.0500. The van der Waals surface area contributed by atoms with E-state index in [1.807, 2.05) is 49.4 Å². The summed E-state index contributed by atoms with van der Waals surface area (Å²) >= 11 is 0. The van der Waals surface area contributed by atoms with Crippen molar-refractivity contribution in [3.63, 3.8) is 0 Å². The van der Waals surface area contributed by atoms with Crippen LogP contribution in [-0.2, 0) is 0 Å². The van der Waals surface area contributed by atoms with Crippen molar-refractivity contribution in [2.75, 3.05) is 0 Å². The summed E-state index contributed by atoms with van der Waals surface area (Å²) in [7, 11) is 0. The molecule has 0 fully saturated rings. The summed E-state index contributed by atoms with van der Waals surface area (Å²) in [5.74, 6) is 0.856. The molecule has 126 valence electrons. The minimum Gasteiger partial charge on any atom is -0.461 e. The van der Waals surface area contributed by atoms with Gasteiger partial charge in [0.2, 0.25) is 0 Å². The van der Waals surface area contributed by atoms with Gasteiger partial charge in [-0.05, 0) is 48.9 Å². The Morgan fingerprint density at radius 2 is 2.04 bits per heavy atom. The lowest BCUT2D eigenvalue weighted by molar-refractivity contribution is 0.578. The molecule has 0 amide bonds. The molecule has 5 aromatic rings. The molecule has 6 heteroatoms. The predicted octanol–water partition coefficient (Wildman–Crippen LogP) is 3.81. The Bertz CT molecular complexity index is 1310. The monoisotopic (exact) mass is 342 g/mol. The van der Waals surface area contributed by atoms with Crippen molar-refractivity contribution in [3.05, 3.63) is 77.0 Å². The van der Waals surface area contributed by atoms with Crippen LogP contribution < -0.4 is 5.56 Å². The Morgan fingerprint density at radius 1 is 1.12 bits per heavy atom. The smallest absolute Gasteiger partial charge is 0.274 e. The van der Waals surface area contributed by atoms with Crippen molar-refractivity contribution in [2.24, 2.45) is 0 Å². The number of rotatable bonds is 2. The van der Waals surface area contributed by atoms with E-state index in [9.17, 15) is 4.79 Å². The lowest BCUT2D eigenvalue weighted by Crippen LogP contribution is -2.14. The number of nitrogens with zero attached hydrogens (tertiary/aromatic N) is 3.